The molecule has 0 aliphatic carbocycles. The first-order valence-electron chi connectivity index (χ1n) is 9.50. The molecular formula is C17H27BO12. The highest BCUT2D eigenvalue weighted by Crippen LogP contribution is 2.23. The van der Waals surface area contributed by atoms with Crippen molar-refractivity contribution in [1.29, 1.82) is 0 Å². The van der Waals surface area contributed by atoms with Gasteiger partial charge in [0.25, 0.3) is 0 Å². The van der Waals surface area contributed by atoms with Crippen molar-refractivity contribution in [3.63, 3.8) is 0 Å². The summed E-state index contributed by atoms with van der Waals surface area (Å²) in [7, 11) is -0.536. The Hall–Kier alpha value is -2.22. The smallest absolute Gasteiger partial charge is 0.464 e. The number of hydrogen-bond acceptors (Lipinski definition) is 12. The van der Waals surface area contributed by atoms with E-state index in [1.807, 2.05) is 0 Å². The van der Waals surface area contributed by atoms with Crippen LogP contribution in [0.15, 0.2) is 0 Å². The lowest BCUT2D eigenvalue weighted by molar-refractivity contribution is -0.175. The standard InChI is InChI=1S/C17H27BO12/c1-6-24-14(19)10(23-5)11(15(20)25-7-2)28-18-29-12(16(21)26-8-3)13(30-18)17(22)27-9-4/h10-13H,6-9H2,1-5H3. The average molecular weight is 434 g/mol. The lowest BCUT2D eigenvalue weighted by Gasteiger charge is -2.24. The molecule has 0 radical (unpaired) electrons. The van der Waals surface area contributed by atoms with E-state index in [0.717, 1.165) is 7.11 Å². The summed E-state index contributed by atoms with van der Waals surface area (Å²) in [5, 5.41) is 0. The fourth-order valence-electron chi connectivity index (χ4n) is 2.45. The summed E-state index contributed by atoms with van der Waals surface area (Å²) in [5.74, 6) is -3.62. The van der Waals surface area contributed by atoms with Crippen molar-refractivity contribution in [2.24, 2.45) is 0 Å². The fourth-order valence-corrected chi connectivity index (χ4v) is 2.45. The molecule has 0 bridgehead atoms. The number of esters is 4. The van der Waals surface area contributed by atoms with Gasteiger partial charge in [0.2, 0.25) is 0 Å². The van der Waals surface area contributed by atoms with Gasteiger partial charge in [-0.25, -0.2) is 19.2 Å². The van der Waals surface area contributed by atoms with Crippen molar-refractivity contribution in [2.45, 2.75) is 52.1 Å². The Morgan fingerprint density at radius 2 is 1.13 bits per heavy atom. The lowest BCUT2D eigenvalue weighted by atomic mass is 10.1. The van der Waals surface area contributed by atoms with Crippen LogP contribution in [0.5, 0.6) is 0 Å². The van der Waals surface area contributed by atoms with Crippen molar-refractivity contribution in [2.75, 3.05) is 33.5 Å². The molecular weight excluding hydrogens is 407 g/mol. The minimum Gasteiger partial charge on any atom is -0.464 e. The van der Waals surface area contributed by atoms with E-state index in [2.05, 4.69) is 0 Å². The number of carbonyl (C=O) groups is 4. The molecule has 0 aromatic rings. The summed E-state index contributed by atoms with van der Waals surface area (Å²) in [6, 6.07) is 0. The van der Waals surface area contributed by atoms with Crippen LogP contribution in [0.3, 0.4) is 0 Å². The van der Waals surface area contributed by atoms with Crippen LogP contribution < -0.4 is 0 Å². The molecule has 1 aliphatic heterocycles. The Morgan fingerprint density at radius 1 is 0.733 bits per heavy atom. The maximum absolute atomic E-state index is 12.3. The van der Waals surface area contributed by atoms with E-state index >= 15 is 0 Å². The Bertz CT molecular complexity index is 571. The molecule has 0 aromatic carbocycles. The molecule has 170 valence electrons. The third-order valence-corrected chi connectivity index (χ3v) is 3.65. The van der Waals surface area contributed by atoms with E-state index in [4.69, 9.17) is 37.6 Å². The quantitative estimate of drug-likeness (QED) is 0.220. The molecule has 0 spiro atoms. The van der Waals surface area contributed by atoms with Crippen LogP contribution in [-0.2, 0) is 56.8 Å². The highest BCUT2D eigenvalue weighted by Gasteiger charge is 2.53. The second-order valence-electron chi connectivity index (χ2n) is 5.62. The molecule has 0 N–H and O–H groups in total. The molecule has 12 nitrogen and oxygen atoms in total. The van der Waals surface area contributed by atoms with Crippen LogP contribution in [0, 0.1) is 0 Å². The average Bonchev–Trinajstić information content (AvgIpc) is 3.13. The van der Waals surface area contributed by atoms with Crippen molar-refractivity contribution < 1.29 is 56.8 Å². The molecule has 30 heavy (non-hydrogen) atoms. The van der Waals surface area contributed by atoms with Gasteiger partial charge in [-0.2, -0.15) is 0 Å². The molecule has 1 fully saturated rings. The van der Waals surface area contributed by atoms with Crippen LogP contribution >= 0.6 is 0 Å². The van der Waals surface area contributed by atoms with Gasteiger partial charge < -0.3 is 37.6 Å². The van der Waals surface area contributed by atoms with Gasteiger partial charge in [0.15, 0.2) is 24.4 Å². The van der Waals surface area contributed by atoms with Crippen LogP contribution in [0.1, 0.15) is 27.7 Å². The molecule has 1 rings (SSSR count). The van der Waals surface area contributed by atoms with Crippen LogP contribution in [0.4, 0.5) is 0 Å². The normalized spacial score (nSPS) is 20.2. The zero-order valence-corrected chi connectivity index (χ0v) is 17.6. The molecule has 0 saturated carbocycles. The van der Waals surface area contributed by atoms with Crippen molar-refractivity contribution >= 4 is 31.2 Å². The molecule has 1 heterocycles. The number of hydrogen-bond donors (Lipinski definition) is 0. The van der Waals surface area contributed by atoms with E-state index in [-0.39, 0.29) is 26.4 Å². The molecule has 0 amide bonds. The summed E-state index contributed by atoms with van der Waals surface area (Å²) in [4.78, 5) is 48.8. The Morgan fingerprint density at radius 3 is 1.50 bits per heavy atom. The summed E-state index contributed by atoms with van der Waals surface area (Å²) >= 11 is 0. The van der Waals surface area contributed by atoms with E-state index in [1.165, 1.54) is 0 Å². The predicted octanol–water partition coefficient (Wildman–Crippen LogP) is -0.592. The zero-order valence-electron chi connectivity index (χ0n) is 17.6. The van der Waals surface area contributed by atoms with Crippen molar-refractivity contribution in [1.82, 2.24) is 0 Å². The summed E-state index contributed by atoms with van der Waals surface area (Å²) in [5.41, 5.74) is 0. The number of methoxy groups -OCH3 is 1. The second kappa shape index (κ2) is 13.2. The Balaban J connectivity index is 3.06. The number of carbonyl (C=O) groups excluding carboxylic acids is 4. The maximum Gasteiger partial charge on any atom is 0.641 e. The molecule has 1 saturated heterocycles. The SMILES string of the molecule is CCOC(=O)C(OC)C(OB1OC(C(=O)OCC)C(C(=O)OCC)O1)C(=O)OCC. The van der Waals surface area contributed by atoms with Gasteiger partial charge in [-0.05, 0) is 27.7 Å². The van der Waals surface area contributed by atoms with E-state index in [9.17, 15) is 19.2 Å². The zero-order chi connectivity index (χ0) is 22.7. The van der Waals surface area contributed by atoms with Gasteiger partial charge in [0, 0.05) is 7.11 Å². The first-order chi connectivity index (χ1) is 14.3. The highest BCUT2D eigenvalue weighted by atomic mass is 16.8. The van der Waals surface area contributed by atoms with E-state index < -0.39 is 55.6 Å². The molecule has 4 unspecified atom stereocenters. The van der Waals surface area contributed by atoms with E-state index in [0.29, 0.717) is 0 Å². The van der Waals surface area contributed by atoms with E-state index in [1.54, 1.807) is 27.7 Å². The van der Waals surface area contributed by atoms with Crippen LogP contribution in [0.25, 0.3) is 0 Å². The maximum atomic E-state index is 12.3. The second-order valence-corrected chi connectivity index (χ2v) is 5.62. The van der Waals surface area contributed by atoms with Gasteiger partial charge in [-0.1, -0.05) is 0 Å². The third-order valence-electron chi connectivity index (χ3n) is 3.65. The molecule has 13 heteroatoms. The van der Waals surface area contributed by atoms with Gasteiger partial charge in [-0.15, -0.1) is 0 Å². The fraction of sp³-hybridized carbons (Fsp3) is 0.765. The minimum atomic E-state index is -1.70. The Labute approximate surface area is 174 Å². The van der Waals surface area contributed by atoms with Gasteiger partial charge in [-0.3, -0.25) is 0 Å². The van der Waals surface area contributed by atoms with Crippen molar-refractivity contribution in [3.8, 4) is 0 Å². The van der Waals surface area contributed by atoms with Crippen LogP contribution in [0.2, 0.25) is 0 Å². The molecule has 1 aliphatic rings. The van der Waals surface area contributed by atoms with Gasteiger partial charge in [0.1, 0.15) is 0 Å². The minimum absolute atomic E-state index is 0.0127. The van der Waals surface area contributed by atoms with Crippen LogP contribution in [-0.4, -0.2) is 89.2 Å². The van der Waals surface area contributed by atoms with Crippen molar-refractivity contribution in [3.05, 3.63) is 0 Å². The van der Waals surface area contributed by atoms with Gasteiger partial charge in [0.05, 0.1) is 26.4 Å². The first-order valence-corrected chi connectivity index (χ1v) is 9.50. The molecule has 0 aromatic heterocycles. The first kappa shape index (κ1) is 25.8. The number of ether oxygens (including phenoxy) is 5. The number of rotatable bonds is 12. The largest absolute Gasteiger partial charge is 0.641 e. The summed E-state index contributed by atoms with van der Waals surface area (Å²) in [6.07, 6.45) is -6.18. The van der Waals surface area contributed by atoms with Gasteiger partial charge >= 0.3 is 31.2 Å². The molecule has 4 atom stereocenters. The highest BCUT2D eigenvalue weighted by molar-refractivity contribution is 6.39. The topological polar surface area (TPSA) is 142 Å². The lowest BCUT2D eigenvalue weighted by Crippen LogP contribution is -2.48. The third kappa shape index (κ3) is 6.94. The Kier molecular flexibility index (Phi) is 11.3. The monoisotopic (exact) mass is 434 g/mol. The summed E-state index contributed by atoms with van der Waals surface area (Å²) < 4.78 is 40.6. The predicted molar refractivity (Wildman–Crippen MR) is 97.7 cm³/mol. The summed E-state index contributed by atoms with van der Waals surface area (Å²) in [6.45, 7) is 6.33.